The highest BCUT2D eigenvalue weighted by Gasteiger charge is 2.31. The summed E-state index contributed by atoms with van der Waals surface area (Å²) in [6.07, 6.45) is -0.356. The summed E-state index contributed by atoms with van der Waals surface area (Å²) in [7, 11) is -44.4. The minimum atomic E-state index is -5.74. The van der Waals surface area contributed by atoms with Gasteiger partial charge < -0.3 is 51.8 Å². The third-order valence-electron chi connectivity index (χ3n) is 9.06. The van der Waals surface area contributed by atoms with Gasteiger partial charge in [-0.15, -0.1) is 0 Å². The molecule has 38 nitrogen and oxygen atoms in total. The Bertz CT molecular complexity index is 4300. The van der Waals surface area contributed by atoms with Gasteiger partial charge in [-0.1, -0.05) is 0 Å². The lowest BCUT2D eigenvalue weighted by atomic mass is 10.1. The van der Waals surface area contributed by atoms with Crippen molar-refractivity contribution in [1.29, 1.82) is 0 Å². The lowest BCUT2D eigenvalue weighted by molar-refractivity contribution is 0.281. The quantitative estimate of drug-likeness (QED) is 0.0280. The monoisotopic (exact) mass is 1310 g/mol. The maximum absolute atomic E-state index is 14.0. The second-order valence-electron chi connectivity index (χ2n) is 14.9. The second kappa shape index (κ2) is 22.8. The molecule has 0 bridgehead atoms. The topological polar surface area (TPSA) is 588 Å². The molecule has 6 aromatic rings. The second-order valence-corrected chi connectivity index (χ2v) is 23.1. The highest BCUT2D eigenvalue weighted by Crippen LogP contribution is 2.43. The predicted molar refractivity (Wildman–Crippen MR) is 258 cm³/mol. The van der Waals surface area contributed by atoms with Crippen LogP contribution in [-0.4, -0.2) is 117 Å². The standard InChI is InChI=1S/C35H28O38S8/c36-30-28-24(12-18(66-74(38,39)40)14-26(28)64-32(34(30)72-80(56,57)58)16-4-6-20(68-76(44,45)46)22(10-16)70-78(50,51)52)62-8-2-1-3-9-63-25-13-19(67-75(41,42)43)15-27-29(25)31(37)35(73-81(59,60)61)33(65-27)17-5-7-21(69-77(47,48)49)23(11-17)71-79(53,54)55/h4-7,10-15H,1-3,8-9H2,(H,38,39,40)(H,41,42,43)(H,44,45,46)(H,47,48,49)(H,50,51,52)(H,53,54,55)(H,56,57,58)(H,59,60,61). The van der Waals surface area contributed by atoms with Gasteiger partial charge in [0, 0.05) is 35.4 Å². The molecule has 2 aromatic heterocycles. The molecular weight excluding hydrogens is 1280 g/mol. The lowest BCUT2D eigenvalue weighted by Gasteiger charge is -2.15. The molecule has 6 rings (SSSR count). The Labute approximate surface area is 452 Å². The van der Waals surface area contributed by atoms with Crippen molar-refractivity contribution in [2.75, 3.05) is 13.2 Å². The van der Waals surface area contributed by atoms with Gasteiger partial charge in [-0.25, -0.2) is 0 Å². The van der Waals surface area contributed by atoms with Crippen LogP contribution in [0.15, 0.2) is 79.1 Å². The average Bonchev–Trinajstić information content (AvgIpc) is 3.25. The number of hydrogen-bond donors (Lipinski definition) is 8. The predicted octanol–water partition coefficient (Wildman–Crippen LogP) is 1.31. The minimum Gasteiger partial charge on any atom is -0.493 e. The van der Waals surface area contributed by atoms with E-state index in [0.717, 1.165) is 0 Å². The van der Waals surface area contributed by atoms with Gasteiger partial charge in [0.15, 0.2) is 46.0 Å². The molecule has 0 fully saturated rings. The molecule has 0 unspecified atom stereocenters. The summed E-state index contributed by atoms with van der Waals surface area (Å²) in [5.74, 6) is -13.6. The van der Waals surface area contributed by atoms with Crippen LogP contribution in [0.4, 0.5) is 0 Å². The number of fused-ring (bicyclic) bond motifs is 2. The molecule has 81 heavy (non-hydrogen) atoms. The van der Waals surface area contributed by atoms with E-state index in [1.54, 1.807) is 0 Å². The van der Waals surface area contributed by atoms with E-state index in [2.05, 4.69) is 33.5 Å². The SMILES string of the molecule is O=c1c(OS(=O)(=O)O)c(-c2ccc(OS(=O)(=O)O)c(OS(=O)(=O)O)c2)oc2cc(OS(=O)(=O)O)cc(OCCCCCOc3cc(OS(=O)(=O)O)cc4oc(-c5ccc(OS(=O)(=O)O)c(OS(=O)(=O)O)c5)c(OS(=O)(=O)O)c(=O)c34)c12. The van der Waals surface area contributed by atoms with Crippen molar-refractivity contribution < 1.29 is 156 Å². The summed E-state index contributed by atoms with van der Waals surface area (Å²) in [6.45, 7) is -1.09. The Hall–Kier alpha value is -7.42. The molecule has 0 aliphatic rings. The first-order valence-electron chi connectivity index (χ1n) is 20.1. The molecule has 0 spiro atoms. The summed E-state index contributed by atoms with van der Waals surface area (Å²) >= 11 is 0. The van der Waals surface area contributed by atoms with Crippen LogP contribution in [0.5, 0.6) is 57.5 Å². The van der Waals surface area contributed by atoms with Gasteiger partial charge in [-0.2, -0.15) is 67.3 Å². The van der Waals surface area contributed by atoms with Crippen LogP contribution in [0, 0.1) is 0 Å². The van der Waals surface area contributed by atoms with E-state index in [0.29, 0.717) is 60.7 Å². The van der Waals surface area contributed by atoms with Crippen molar-refractivity contribution in [3.8, 4) is 80.1 Å². The summed E-state index contributed by atoms with van der Waals surface area (Å²) < 4.78 is 318. The first-order valence-corrected chi connectivity index (χ1v) is 31.0. The van der Waals surface area contributed by atoms with Gasteiger partial charge in [0.1, 0.15) is 33.4 Å². The Kier molecular flexibility index (Phi) is 17.7. The molecule has 0 radical (unpaired) electrons. The highest BCUT2D eigenvalue weighted by atomic mass is 32.3. The van der Waals surface area contributed by atoms with Gasteiger partial charge in [0.25, 0.3) is 0 Å². The number of ether oxygens (including phenoxy) is 2. The molecule has 0 amide bonds. The van der Waals surface area contributed by atoms with Crippen LogP contribution in [0.25, 0.3) is 44.6 Å². The molecule has 0 aliphatic carbocycles. The van der Waals surface area contributed by atoms with Crippen LogP contribution in [0.2, 0.25) is 0 Å². The fourth-order valence-corrected chi connectivity index (χ4v) is 9.41. The summed E-state index contributed by atoms with van der Waals surface area (Å²) in [5.41, 5.74) is -6.46. The molecule has 0 atom stereocenters. The Morgan fingerprint density at radius 1 is 0.333 bits per heavy atom. The van der Waals surface area contributed by atoms with Crippen LogP contribution >= 0.6 is 0 Å². The molecule has 8 N–H and O–H groups in total. The Morgan fingerprint density at radius 3 is 0.926 bits per heavy atom. The first-order chi connectivity index (χ1) is 36.9. The lowest BCUT2D eigenvalue weighted by Crippen LogP contribution is -2.17. The summed E-state index contributed by atoms with van der Waals surface area (Å²) in [4.78, 5) is 28.1. The third kappa shape index (κ3) is 18.3. The van der Waals surface area contributed by atoms with Crippen LogP contribution < -0.4 is 53.8 Å². The minimum absolute atomic E-state index is 0.0550. The Morgan fingerprint density at radius 2 is 0.630 bits per heavy atom. The van der Waals surface area contributed by atoms with E-state index < -0.39 is 209 Å². The van der Waals surface area contributed by atoms with Gasteiger partial charge in [-0.3, -0.25) is 46.0 Å². The van der Waals surface area contributed by atoms with E-state index in [1.165, 1.54) is 0 Å². The van der Waals surface area contributed by atoms with Crippen molar-refractivity contribution in [1.82, 2.24) is 0 Å². The zero-order valence-electron chi connectivity index (χ0n) is 38.4. The van der Waals surface area contributed by atoms with Gasteiger partial charge >= 0.3 is 83.2 Å². The molecule has 2 heterocycles. The molecule has 4 aromatic carbocycles. The van der Waals surface area contributed by atoms with Gasteiger partial charge in [-0.05, 0) is 55.7 Å². The van der Waals surface area contributed by atoms with E-state index >= 15 is 0 Å². The van der Waals surface area contributed by atoms with Crippen molar-refractivity contribution in [2.45, 2.75) is 19.3 Å². The van der Waals surface area contributed by atoms with Crippen LogP contribution in [0.3, 0.4) is 0 Å². The maximum Gasteiger partial charge on any atom is 0.446 e. The molecule has 0 aliphatic heterocycles. The van der Waals surface area contributed by atoms with E-state index in [4.69, 9.17) is 27.4 Å². The van der Waals surface area contributed by atoms with E-state index in [9.17, 15) is 104 Å². The number of hydrogen-bond acceptors (Lipinski definition) is 30. The van der Waals surface area contributed by atoms with E-state index in [-0.39, 0.29) is 19.3 Å². The van der Waals surface area contributed by atoms with Gasteiger partial charge in [0.2, 0.25) is 22.4 Å². The first kappa shape index (κ1) is 62.8. The average molecular weight is 1310 g/mol. The summed E-state index contributed by atoms with van der Waals surface area (Å²) in [5, 5.41) is -1.73. The maximum atomic E-state index is 14.0. The number of rotatable bonds is 26. The Balaban J connectivity index is 1.35. The zero-order chi connectivity index (χ0) is 60.6. The molecule has 46 heteroatoms. The van der Waals surface area contributed by atoms with E-state index in [1.807, 2.05) is 0 Å². The normalized spacial score (nSPS) is 12.8. The highest BCUT2D eigenvalue weighted by molar-refractivity contribution is 7.83. The third-order valence-corrected chi connectivity index (χ3v) is 12.2. The molecular formula is C35H28O38S8. The molecule has 0 saturated carbocycles. The van der Waals surface area contributed by atoms with Crippen LogP contribution in [0.1, 0.15) is 19.3 Å². The summed E-state index contributed by atoms with van der Waals surface area (Å²) in [6, 6.07) is 5.44. The van der Waals surface area contributed by atoms with Crippen molar-refractivity contribution in [2.24, 2.45) is 0 Å². The zero-order valence-corrected chi connectivity index (χ0v) is 44.9. The number of unbranched alkanes of at least 4 members (excludes halogenated alkanes) is 2. The van der Waals surface area contributed by atoms with Gasteiger partial charge in [0.05, 0.1) is 13.2 Å². The molecule has 444 valence electrons. The fourth-order valence-electron chi connectivity index (χ4n) is 6.56. The van der Waals surface area contributed by atoms with Crippen molar-refractivity contribution in [3.05, 3.63) is 81.1 Å². The van der Waals surface area contributed by atoms with Crippen molar-refractivity contribution in [3.63, 3.8) is 0 Å². The molecule has 0 saturated heterocycles. The van der Waals surface area contributed by atoms with Crippen molar-refractivity contribution >= 4 is 105 Å². The number of benzene rings is 4. The largest absolute Gasteiger partial charge is 0.493 e. The van der Waals surface area contributed by atoms with Crippen LogP contribution in [-0.2, 0) is 83.2 Å². The fraction of sp³-hybridized carbons (Fsp3) is 0.143. The smallest absolute Gasteiger partial charge is 0.446 e.